The Morgan fingerprint density at radius 1 is 0.344 bits per heavy atom. The molecule has 61 heavy (non-hydrogen) atoms. The minimum Gasteiger partial charge on any atom is -0.310 e. The van der Waals surface area contributed by atoms with Crippen LogP contribution in [0, 0.1) is 0 Å². The minimum atomic E-state index is -0.494. The summed E-state index contributed by atoms with van der Waals surface area (Å²) in [5.41, 5.74) is 19.3. The molecule has 10 aromatic carbocycles. The third kappa shape index (κ3) is 4.73. The Morgan fingerprint density at radius 2 is 0.934 bits per heavy atom. The lowest BCUT2D eigenvalue weighted by Crippen LogP contribution is -2.26. The number of hydrogen-bond donors (Lipinski definition) is 0. The van der Waals surface area contributed by atoms with Crippen LogP contribution in [-0.4, -0.2) is 4.57 Å². The smallest absolute Gasteiger partial charge is 0.0726 e. The molecule has 0 N–H and O–H groups in total. The number of fused-ring (bicyclic) bond motifs is 15. The summed E-state index contributed by atoms with van der Waals surface area (Å²) in [6, 6.07) is 85.4. The largest absolute Gasteiger partial charge is 0.310 e. The van der Waals surface area contributed by atoms with Gasteiger partial charge in [-0.3, -0.25) is 0 Å². The first-order chi connectivity index (χ1) is 30.3. The van der Waals surface area contributed by atoms with Crippen molar-refractivity contribution < 1.29 is 0 Å². The molecule has 0 amide bonds. The van der Waals surface area contributed by atoms with Crippen molar-refractivity contribution in [3.63, 3.8) is 0 Å². The Hall–Kier alpha value is -7.94. The highest BCUT2D eigenvalue weighted by atomic mass is 15.1. The van der Waals surface area contributed by atoms with Crippen LogP contribution in [0.15, 0.2) is 231 Å². The van der Waals surface area contributed by atoms with Crippen molar-refractivity contribution in [2.75, 3.05) is 4.90 Å². The fourth-order valence-corrected chi connectivity index (χ4v) is 10.9. The van der Waals surface area contributed by atoms with Gasteiger partial charge in [0.2, 0.25) is 0 Å². The van der Waals surface area contributed by atoms with Crippen LogP contribution in [0.1, 0.15) is 22.3 Å². The zero-order valence-electron chi connectivity index (χ0n) is 33.3. The summed E-state index contributed by atoms with van der Waals surface area (Å²) >= 11 is 0. The van der Waals surface area contributed by atoms with Crippen LogP contribution in [0.4, 0.5) is 17.1 Å². The molecule has 0 radical (unpaired) electrons. The third-order valence-corrected chi connectivity index (χ3v) is 13.4. The second-order valence-electron chi connectivity index (χ2n) is 16.4. The van der Waals surface area contributed by atoms with E-state index < -0.39 is 5.41 Å². The molecule has 2 aliphatic rings. The Labute approximate surface area is 354 Å². The molecular formula is C59H38N2. The van der Waals surface area contributed by atoms with E-state index in [0.29, 0.717) is 0 Å². The van der Waals surface area contributed by atoms with E-state index in [0.717, 1.165) is 22.7 Å². The van der Waals surface area contributed by atoms with Crippen molar-refractivity contribution >= 4 is 49.6 Å². The van der Waals surface area contributed by atoms with Crippen LogP contribution < -0.4 is 4.90 Å². The minimum absolute atomic E-state index is 0.494. The first kappa shape index (κ1) is 34.0. The zero-order chi connectivity index (χ0) is 40.1. The molecule has 2 nitrogen and oxygen atoms in total. The Bertz CT molecular complexity index is 3500. The molecule has 13 rings (SSSR count). The Balaban J connectivity index is 1.13. The molecule has 0 saturated carbocycles. The van der Waals surface area contributed by atoms with Gasteiger partial charge in [-0.05, 0) is 109 Å². The van der Waals surface area contributed by atoms with Crippen LogP contribution in [0.5, 0.6) is 0 Å². The van der Waals surface area contributed by atoms with Crippen molar-refractivity contribution in [2.24, 2.45) is 0 Å². The monoisotopic (exact) mass is 774 g/mol. The van der Waals surface area contributed by atoms with E-state index in [-0.39, 0.29) is 0 Å². The number of nitrogens with zero attached hydrogens (tertiary/aromatic N) is 2. The standard InChI is InChI=1S/C59H38N2/c1-3-17-39(18-4-1)44-22-11-15-29-55(44)60(43-32-34-49-48-26-12-16-30-56(48)61(57(49)38-43)41-20-5-2-6-21-41)42-33-35-50-54(37-42)59(53-36-31-40-19-7-8-23-45(40)58(50)53)51-27-13-9-24-46(51)47-25-10-14-28-52(47)59/h1-38H. The van der Waals surface area contributed by atoms with Gasteiger partial charge in [0, 0.05) is 33.4 Å². The van der Waals surface area contributed by atoms with Crippen molar-refractivity contribution in [3.8, 4) is 39.1 Å². The van der Waals surface area contributed by atoms with E-state index in [4.69, 9.17) is 0 Å². The zero-order valence-corrected chi connectivity index (χ0v) is 33.3. The van der Waals surface area contributed by atoms with Crippen LogP contribution in [0.2, 0.25) is 0 Å². The Kier molecular flexibility index (Phi) is 7.26. The van der Waals surface area contributed by atoms with E-state index in [2.05, 4.69) is 240 Å². The highest BCUT2D eigenvalue weighted by Crippen LogP contribution is 2.64. The fraction of sp³-hybridized carbons (Fsp3) is 0.0169. The van der Waals surface area contributed by atoms with Gasteiger partial charge in [0.05, 0.1) is 22.1 Å². The maximum absolute atomic E-state index is 2.52. The van der Waals surface area contributed by atoms with Gasteiger partial charge in [0.25, 0.3) is 0 Å². The van der Waals surface area contributed by atoms with Crippen LogP contribution in [0.3, 0.4) is 0 Å². The molecule has 11 aromatic rings. The van der Waals surface area contributed by atoms with Gasteiger partial charge in [-0.25, -0.2) is 0 Å². The van der Waals surface area contributed by atoms with E-state index in [9.17, 15) is 0 Å². The number of anilines is 3. The maximum atomic E-state index is 2.52. The van der Waals surface area contributed by atoms with Gasteiger partial charge in [-0.15, -0.1) is 0 Å². The lowest BCUT2D eigenvalue weighted by molar-refractivity contribution is 0.794. The van der Waals surface area contributed by atoms with Gasteiger partial charge in [-0.2, -0.15) is 0 Å². The molecule has 284 valence electrons. The molecule has 0 bridgehead atoms. The highest BCUT2D eigenvalue weighted by molar-refractivity contribution is 6.11. The van der Waals surface area contributed by atoms with Gasteiger partial charge >= 0.3 is 0 Å². The van der Waals surface area contributed by atoms with Crippen molar-refractivity contribution in [3.05, 3.63) is 253 Å². The average molecular weight is 775 g/mol. The molecule has 0 aliphatic heterocycles. The van der Waals surface area contributed by atoms with E-state index in [1.165, 1.54) is 88.2 Å². The summed E-state index contributed by atoms with van der Waals surface area (Å²) in [6.07, 6.45) is 0. The van der Waals surface area contributed by atoms with Crippen molar-refractivity contribution in [2.45, 2.75) is 5.41 Å². The lowest BCUT2D eigenvalue weighted by Gasteiger charge is -2.33. The fourth-order valence-electron chi connectivity index (χ4n) is 10.9. The molecule has 0 unspecified atom stereocenters. The van der Waals surface area contributed by atoms with Crippen LogP contribution in [0.25, 0.3) is 71.6 Å². The lowest BCUT2D eigenvalue weighted by atomic mass is 9.70. The summed E-state index contributed by atoms with van der Waals surface area (Å²) in [5, 5.41) is 5.02. The summed E-state index contributed by atoms with van der Waals surface area (Å²) in [4.78, 5) is 2.50. The van der Waals surface area contributed by atoms with E-state index in [1.807, 2.05) is 0 Å². The molecule has 2 heteroatoms. The normalized spacial score (nSPS) is 13.0. The quantitative estimate of drug-likeness (QED) is 0.169. The van der Waals surface area contributed by atoms with E-state index in [1.54, 1.807) is 0 Å². The maximum Gasteiger partial charge on any atom is 0.0726 e. The first-order valence-electron chi connectivity index (χ1n) is 21.2. The molecule has 1 spiro atoms. The van der Waals surface area contributed by atoms with Crippen LogP contribution in [-0.2, 0) is 5.41 Å². The molecule has 1 aromatic heterocycles. The second-order valence-corrected chi connectivity index (χ2v) is 16.4. The molecular weight excluding hydrogens is 737 g/mol. The highest BCUT2D eigenvalue weighted by Gasteiger charge is 2.52. The van der Waals surface area contributed by atoms with Crippen molar-refractivity contribution in [1.29, 1.82) is 0 Å². The van der Waals surface area contributed by atoms with Gasteiger partial charge < -0.3 is 9.47 Å². The second kappa shape index (κ2) is 13.0. The predicted octanol–water partition coefficient (Wildman–Crippen LogP) is 15.4. The number of aromatic nitrogens is 1. The summed E-state index contributed by atoms with van der Waals surface area (Å²) < 4.78 is 2.42. The molecule has 0 atom stereocenters. The summed E-state index contributed by atoms with van der Waals surface area (Å²) in [5.74, 6) is 0. The topological polar surface area (TPSA) is 8.17 Å². The van der Waals surface area contributed by atoms with Gasteiger partial charge in [0.1, 0.15) is 0 Å². The van der Waals surface area contributed by atoms with Crippen LogP contribution >= 0.6 is 0 Å². The average Bonchev–Trinajstić information content (AvgIpc) is 3.94. The number of para-hydroxylation sites is 3. The first-order valence-corrected chi connectivity index (χ1v) is 21.2. The Morgan fingerprint density at radius 3 is 1.72 bits per heavy atom. The number of hydrogen-bond acceptors (Lipinski definition) is 1. The molecule has 2 aliphatic carbocycles. The molecule has 0 saturated heterocycles. The number of rotatable bonds is 5. The van der Waals surface area contributed by atoms with Gasteiger partial charge in [-0.1, -0.05) is 182 Å². The third-order valence-electron chi connectivity index (χ3n) is 13.4. The number of benzene rings is 10. The molecule has 1 heterocycles. The van der Waals surface area contributed by atoms with Crippen molar-refractivity contribution in [1.82, 2.24) is 4.57 Å². The molecule has 0 fully saturated rings. The SMILES string of the molecule is c1ccc(-c2ccccc2N(c2ccc3c(c2)C2(c4ccccc4-c4ccccc42)c2ccc4ccccc4c2-3)c2ccc3c4ccccc4n(-c4ccccc4)c3c2)cc1. The summed E-state index contributed by atoms with van der Waals surface area (Å²) in [7, 11) is 0. The van der Waals surface area contributed by atoms with Gasteiger partial charge in [0.15, 0.2) is 0 Å². The van der Waals surface area contributed by atoms with E-state index >= 15 is 0 Å². The summed E-state index contributed by atoms with van der Waals surface area (Å²) in [6.45, 7) is 0. The predicted molar refractivity (Wildman–Crippen MR) is 255 cm³/mol.